The summed E-state index contributed by atoms with van der Waals surface area (Å²) in [5, 5.41) is 12.5. The van der Waals surface area contributed by atoms with E-state index in [1.54, 1.807) is 0 Å². The molecule has 0 radical (unpaired) electrons. The van der Waals surface area contributed by atoms with Gasteiger partial charge in [-0.1, -0.05) is 200 Å². The number of hydrogen-bond acceptors (Lipinski definition) is 3. The molecular formula is C61H58N3OPt-. The third-order valence-electron chi connectivity index (χ3n) is 12.6. The zero-order chi connectivity index (χ0) is 45.8. The first-order valence-corrected chi connectivity index (χ1v) is 22.7. The van der Waals surface area contributed by atoms with E-state index in [9.17, 15) is 5.11 Å². The summed E-state index contributed by atoms with van der Waals surface area (Å²) < 4.78 is 2.26. The fraction of sp³-hybridized carbons (Fsp3) is 0.213. The van der Waals surface area contributed by atoms with Crippen LogP contribution in [0.15, 0.2) is 164 Å². The number of rotatable bonds is 7. The minimum absolute atomic E-state index is 0. The molecule has 0 aliphatic rings. The number of pyridine rings is 1. The van der Waals surface area contributed by atoms with Crippen molar-refractivity contribution in [2.24, 2.45) is 0 Å². The van der Waals surface area contributed by atoms with E-state index in [1.807, 2.05) is 6.20 Å². The number of para-hydroxylation sites is 1. The number of aryl methyl sites for hydroxylation is 1. The molecule has 2 heterocycles. The number of hydrogen-bond donors (Lipinski definition) is 1. The maximum Gasteiger partial charge on any atom is 0.148 e. The maximum atomic E-state index is 12.5. The molecule has 0 aliphatic heterocycles. The number of phenols is 1. The van der Waals surface area contributed by atoms with Gasteiger partial charge in [0.05, 0.1) is 22.3 Å². The monoisotopic (exact) mass is 1040 g/mol. The maximum absolute atomic E-state index is 12.5. The molecule has 9 aromatic rings. The zero-order valence-corrected chi connectivity index (χ0v) is 42.0. The van der Waals surface area contributed by atoms with Crippen molar-refractivity contribution in [2.75, 3.05) is 0 Å². The summed E-state index contributed by atoms with van der Waals surface area (Å²) in [6, 6.07) is 59.8. The SMILES string of the molecule is Cc1ccc(-n2c(-c3cc(C(C)(C)C)cc(C(C)(C)C)c3O)nc3c(-c4[c-]c(-c5cc(-c6ccc(C(C)(C)C)cc6)ccn5)cc(-c5ccccc5)c4)cccc32)c(-c2ccccc2)c1.[Pt]. The normalized spacial score (nSPS) is 12.0. The van der Waals surface area contributed by atoms with Crippen LogP contribution in [0.5, 0.6) is 5.75 Å². The van der Waals surface area contributed by atoms with Crippen LogP contribution in [0.1, 0.15) is 84.6 Å². The van der Waals surface area contributed by atoms with Gasteiger partial charge in [-0.3, -0.25) is 9.55 Å². The molecule has 0 atom stereocenters. The molecule has 66 heavy (non-hydrogen) atoms. The van der Waals surface area contributed by atoms with E-state index in [4.69, 9.17) is 9.97 Å². The van der Waals surface area contributed by atoms with Crippen LogP contribution in [0, 0.1) is 13.0 Å². The smallest absolute Gasteiger partial charge is 0.148 e. The van der Waals surface area contributed by atoms with Gasteiger partial charge < -0.3 is 5.11 Å². The molecule has 0 saturated heterocycles. The van der Waals surface area contributed by atoms with E-state index in [0.29, 0.717) is 11.4 Å². The summed E-state index contributed by atoms with van der Waals surface area (Å²) in [5.41, 5.74) is 17.6. The first-order valence-electron chi connectivity index (χ1n) is 22.7. The standard InChI is InChI=1S/C61H58N3O.Pt/c1-39-24-29-54(50(32-39)42-20-15-12-16-21-42)64-55-23-17-22-49(56(55)63-58(64)51-37-48(60(5,6)7)38-52(57(51)65)61(8,9)10)45-33-44(40-18-13-11-14-19-40)34-46(35-45)53-36-43(30-31-62-53)41-25-27-47(28-26-41)59(2,3)4;/h11-34,36-38,65H,1-10H3;/q-1;. The zero-order valence-electron chi connectivity index (χ0n) is 39.7. The van der Waals surface area contributed by atoms with Crippen LogP contribution >= 0.6 is 0 Å². The average Bonchev–Trinajstić information content (AvgIpc) is 3.68. The summed E-state index contributed by atoms with van der Waals surface area (Å²) in [5.74, 6) is 0.921. The molecular weight excluding hydrogens is 986 g/mol. The second-order valence-corrected chi connectivity index (χ2v) is 20.6. The third kappa shape index (κ3) is 9.09. The van der Waals surface area contributed by atoms with Gasteiger partial charge in [0.1, 0.15) is 11.6 Å². The summed E-state index contributed by atoms with van der Waals surface area (Å²) >= 11 is 0. The van der Waals surface area contributed by atoms with Crippen molar-refractivity contribution >= 4 is 11.0 Å². The van der Waals surface area contributed by atoms with E-state index in [1.165, 1.54) is 5.56 Å². The van der Waals surface area contributed by atoms with E-state index in [0.717, 1.165) is 89.2 Å². The van der Waals surface area contributed by atoms with Crippen LogP contribution in [0.3, 0.4) is 0 Å². The Kier molecular flexibility index (Phi) is 12.5. The van der Waals surface area contributed by atoms with Gasteiger partial charge in [0.2, 0.25) is 0 Å². The Morgan fingerprint density at radius 2 is 1.14 bits per heavy atom. The Hall–Kier alpha value is -6.35. The van der Waals surface area contributed by atoms with Crippen LogP contribution in [-0.4, -0.2) is 19.6 Å². The van der Waals surface area contributed by atoms with Crippen LogP contribution < -0.4 is 0 Å². The number of imidazole rings is 1. The molecule has 0 aliphatic carbocycles. The summed E-state index contributed by atoms with van der Waals surface area (Å²) in [6.45, 7) is 22.0. The number of nitrogens with zero attached hydrogens (tertiary/aromatic N) is 3. The van der Waals surface area contributed by atoms with Crippen LogP contribution in [0.4, 0.5) is 0 Å². The minimum atomic E-state index is -0.328. The molecule has 4 nitrogen and oxygen atoms in total. The molecule has 0 amide bonds. The molecule has 9 rings (SSSR count). The molecule has 0 fully saturated rings. The number of aromatic nitrogens is 3. The second-order valence-electron chi connectivity index (χ2n) is 20.6. The van der Waals surface area contributed by atoms with Gasteiger partial charge in [0.25, 0.3) is 0 Å². The largest absolute Gasteiger partial charge is 0.507 e. The Labute approximate surface area is 405 Å². The van der Waals surface area contributed by atoms with Gasteiger partial charge in [-0.15, -0.1) is 23.8 Å². The molecule has 0 saturated carbocycles. The van der Waals surface area contributed by atoms with Gasteiger partial charge in [-0.2, -0.15) is 0 Å². The quantitative estimate of drug-likeness (QED) is 0.162. The predicted molar refractivity (Wildman–Crippen MR) is 273 cm³/mol. The van der Waals surface area contributed by atoms with Crippen molar-refractivity contribution in [3.8, 4) is 78.6 Å². The van der Waals surface area contributed by atoms with Crippen LogP contribution in [0.2, 0.25) is 0 Å². The van der Waals surface area contributed by atoms with Crippen LogP contribution in [-0.2, 0) is 37.3 Å². The van der Waals surface area contributed by atoms with Gasteiger partial charge >= 0.3 is 0 Å². The molecule has 334 valence electrons. The van der Waals surface area contributed by atoms with Crippen molar-refractivity contribution in [3.63, 3.8) is 0 Å². The number of phenolic OH excluding ortho intramolecular Hbond substituents is 1. The fourth-order valence-electron chi connectivity index (χ4n) is 8.81. The van der Waals surface area contributed by atoms with E-state index in [-0.39, 0.29) is 43.1 Å². The average molecular weight is 1040 g/mol. The van der Waals surface area contributed by atoms with Crippen molar-refractivity contribution in [1.82, 2.24) is 14.5 Å². The van der Waals surface area contributed by atoms with Crippen molar-refractivity contribution < 1.29 is 26.2 Å². The molecule has 0 spiro atoms. The predicted octanol–water partition coefficient (Wildman–Crippen LogP) is 16.1. The molecule has 7 aromatic carbocycles. The number of aromatic hydroxyl groups is 1. The number of fused-ring (bicyclic) bond motifs is 1. The Morgan fingerprint density at radius 1 is 0.500 bits per heavy atom. The molecule has 2 aromatic heterocycles. The first-order chi connectivity index (χ1) is 30.9. The number of benzene rings is 7. The molecule has 0 unspecified atom stereocenters. The molecule has 1 N–H and O–H groups in total. The summed E-state index contributed by atoms with van der Waals surface area (Å²) in [7, 11) is 0. The molecule has 0 bridgehead atoms. The Morgan fingerprint density at radius 3 is 1.79 bits per heavy atom. The Balaban J connectivity index is 0.00000592. The van der Waals surface area contributed by atoms with E-state index >= 15 is 0 Å². The van der Waals surface area contributed by atoms with Crippen molar-refractivity contribution in [3.05, 3.63) is 192 Å². The van der Waals surface area contributed by atoms with E-state index < -0.39 is 0 Å². The summed E-state index contributed by atoms with van der Waals surface area (Å²) in [4.78, 5) is 10.6. The molecule has 5 heteroatoms. The summed E-state index contributed by atoms with van der Waals surface area (Å²) in [6.07, 6.45) is 1.90. The Bertz CT molecular complexity index is 3200. The van der Waals surface area contributed by atoms with Crippen molar-refractivity contribution in [1.29, 1.82) is 0 Å². The van der Waals surface area contributed by atoms with Crippen molar-refractivity contribution in [2.45, 2.75) is 85.5 Å². The topological polar surface area (TPSA) is 50.9 Å². The fourth-order valence-corrected chi connectivity index (χ4v) is 8.81. The minimum Gasteiger partial charge on any atom is -0.507 e. The van der Waals surface area contributed by atoms with Gasteiger partial charge in [0, 0.05) is 44.1 Å². The first kappa shape index (κ1) is 46.2. The van der Waals surface area contributed by atoms with E-state index in [2.05, 4.69) is 238 Å². The van der Waals surface area contributed by atoms with Gasteiger partial charge in [0.15, 0.2) is 0 Å². The van der Waals surface area contributed by atoms with Gasteiger partial charge in [-0.25, -0.2) is 4.98 Å². The third-order valence-corrected chi connectivity index (χ3v) is 12.6. The van der Waals surface area contributed by atoms with Gasteiger partial charge in [-0.05, 0) is 86.9 Å². The second kappa shape index (κ2) is 17.8. The van der Waals surface area contributed by atoms with Crippen LogP contribution in [0.25, 0.3) is 83.9 Å².